The molecule has 0 aliphatic heterocycles. The van der Waals surface area contributed by atoms with E-state index in [0.29, 0.717) is 6.61 Å². The van der Waals surface area contributed by atoms with Gasteiger partial charge in [-0.25, -0.2) is 13.1 Å². The van der Waals surface area contributed by atoms with Crippen LogP contribution in [0, 0.1) is 6.92 Å². The molecule has 19 heavy (non-hydrogen) atoms. The highest BCUT2D eigenvalue weighted by atomic mass is 32.2. The molecule has 6 heteroatoms. The van der Waals surface area contributed by atoms with Gasteiger partial charge in [0.15, 0.2) is 0 Å². The maximum absolute atomic E-state index is 12.1. The normalized spacial score (nSPS) is 15.2. The average Bonchev–Trinajstić information content (AvgIpc) is 2.37. The molecule has 1 rings (SSSR count). The first-order chi connectivity index (χ1) is 8.83. The second-order valence-electron chi connectivity index (χ2n) is 4.73. The molecule has 1 N–H and O–H groups in total. The Morgan fingerprint density at radius 3 is 2.53 bits per heavy atom. The van der Waals surface area contributed by atoms with Crippen LogP contribution in [0.15, 0.2) is 29.2 Å². The van der Waals surface area contributed by atoms with Crippen molar-refractivity contribution in [3.8, 4) is 0 Å². The van der Waals surface area contributed by atoms with E-state index < -0.39 is 15.6 Å². The quantitative estimate of drug-likeness (QED) is 0.821. The van der Waals surface area contributed by atoms with Crippen molar-refractivity contribution in [3.63, 3.8) is 0 Å². The minimum atomic E-state index is -3.53. The van der Waals surface area contributed by atoms with Crippen molar-refractivity contribution < 1.29 is 17.9 Å². The van der Waals surface area contributed by atoms with E-state index in [1.165, 1.54) is 7.11 Å². The largest absolute Gasteiger partial charge is 0.382 e. The summed E-state index contributed by atoms with van der Waals surface area (Å²) in [4.78, 5) is 0.253. The highest BCUT2D eigenvalue weighted by Crippen LogP contribution is 2.13. The molecule has 0 radical (unpaired) electrons. The Hall–Kier alpha value is -0.950. The summed E-state index contributed by atoms with van der Waals surface area (Å²) in [6, 6.07) is 6.76. The minimum Gasteiger partial charge on any atom is -0.382 e. The first kappa shape index (κ1) is 16.1. The van der Waals surface area contributed by atoms with Gasteiger partial charge in [-0.2, -0.15) is 0 Å². The van der Waals surface area contributed by atoms with E-state index in [9.17, 15) is 8.42 Å². The molecule has 0 unspecified atom stereocenters. The fourth-order valence-corrected chi connectivity index (χ4v) is 2.86. The fourth-order valence-electron chi connectivity index (χ4n) is 1.60. The molecular formula is C13H21NO4S. The minimum absolute atomic E-state index is 0.146. The summed E-state index contributed by atoms with van der Waals surface area (Å²) in [7, 11) is -0.454. The Labute approximate surface area is 115 Å². The van der Waals surface area contributed by atoms with Gasteiger partial charge in [-0.3, -0.25) is 0 Å². The third-order valence-corrected chi connectivity index (χ3v) is 4.28. The average molecular weight is 287 g/mol. The molecular weight excluding hydrogens is 266 g/mol. The van der Waals surface area contributed by atoms with E-state index in [2.05, 4.69) is 4.72 Å². The summed E-state index contributed by atoms with van der Waals surface area (Å²) in [5.41, 5.74) is 0.209. The second-order valence-corrected chi connectivity index (χ2v) is 6.50. The zero-order chi connectivity index (χ0) is 14.5. The van der Waals surface area contributed by atoms with Crippen molar-refractivity contribution in [1.82, 2.24) is 4.72 Å². The molecule has 0 saturated heterocycles. The number of sulfonamides is 1. The number of rotatable bonds is 7. The number of hydrogen-bond acceptors (Lipinski definition) is 4. The summed E-state index contributed by atoms with van der Waals surface area (Å²) in [5.74, 6) is 0. The van der Waals surface area contributed by atoms with Gasteiger partial charge in [-0.15, -0.1) is 0 Å². The van der Waals surface area contributed by atoms with Crippen LogP contribution in [0.4, 0.5) is 0 Å². The molecule has 0 bridgehead atoms. The Bertz CT molecular complexity index is 515. The van der Waals surface area contributed by atoms with Gasteiger partial charge in [0.05, 0.1) is 11.5 Å². The molecule has 0 aliphatic carbocycles. The topological polar surface area (TPSA) is 64.6 Å². The van der Waals surface area contributed by atoms with Crippen molar-refractivity contribution in [1.29, 1.82) is 0 Å². The van der Waals surface area contributed by atoms with Gasteiger partial charge in [0.1, 0.15) is 5.60 Å². The van der Waals surface area contributed by atoms with Crippen LogP contribution < -0.4 is 4.72 Å². The summed E-state index contributed by atoms with van der Waals surface area (Å²) >= 11 is 0. The smallest absolute Gasteiger partial charge is 0.240 e. The summed E-state index contributed by atoms with van der Waals surface area (Å²) in [5, 5.41) is 0. The van der Waals surface area contributed by atoms with Gasteiger partial charge in [-0.1, -0.05) is 12.1 Å². The van der Waals surface area contributed by atoms with Crippen molar-refractivity contribution >= 4 is 10.0 Å². The Morgan fingerprint density at radius 1 is 1.32 bits per heavy atom. The molecule has 0 aromatic heterocycles. The Kier molecular flexibility index (Phi) is 5.49. The first-order valence-electron chi connectivity index (χ1n) is 5.93. The van der Waals surface area contributed by atoms with Crippen molar-refractivity contribution in [3.05, 3.63) is 29.8 Å². The third kappa shape index (κ3) is 4.58. The molecule has 0 spiro atoms. The number of hydrogen-bond donors (Lipinski definition) is 1. The zero-order valence-corrected chi connectivity index (χ0v) is 12.6. The highest BCUT2D eigenvalue weighted by Gasteiger charge is 2.26. The monoisotopic (exact) mass is 287 g/mol. The zero-order valence-electron chi connectivity index (χ0n) is 11.8. The standard InChI is InChI=1S/C13H21NO4S/c1-11-6-5-7-12(8-11)19(15,16)14-9-13(2,18-4)10-17-3/h5-8,14H,9-10H2,1-4H3/t13-/m1/s1. The van der Waals surface area contributed by atoms with Crippen LogP contribution in [0.25, 0.3) is 0 Å². The Balaban J connectivity index is 2.81. The van der Waals surface area contributed by atoms with E-state index in [1.54, 1.807) is 32.2 Å². The van der Waals surface area contributed by atoms with Crippen LogP contribution in [0.3, 0.4) is 0 Å². The molecule has 108 valence electrons. The fraction of sp³-hybridized carbons (Fsp3) is 0.538. The van der Waals surface area contributed by atoms with Gasteiger partial charge in [0, 0.05) is 20.8 Å². The maximum Gasteiger partial charge on any atom is 0.240 e. The van der Waals surface area contributed by atoms with Crippen LogP contribution in [0.2, 0.25) is 0 Å². The van der Waals surface area contributed by atoms with Gasteiger partial charge in [-0.05, 0) is 31.5 Å². The van der Waals surface area contributed by atoms with E-state index in [4.69, 9.17) is 9.47 Å². The Morgan fingerprint density at radius 2 is 2.00 bits per heavy atom. The lowest BCUT2D eigenvalue weighted by Gasteiger charge is -2.27. The number of ether oxygens (including phenoxy) is 2. The molecule has 0 amide bonds. The number of aryl methyl sites for hydroxylation is 1. The lowest BCUT2D eigenvalue weighted by molar-refractivity contribution is -0.0460. The van der Waals surface area contributed by atoms with E-state index in [-0.39, 0.29) is 11.4 Å². The predicted octanol–water partition coefficient (Wildman–Crippen LogP) is 1.32. The van der Waals surface area contributed by atoms with Gasteiger partial charge >= 0.3 is 0 Å². The van der Waals surface area contributed by atoms with Gasteiger partial charge in [0.25, 0.3) is 0 Å². The van der Waals surface area contributed by atoms with E-state index >= 15 is 0 Å². The van der Waals surface area contributed by atoms with Crippen molar-refractivity contribution in [2.75, 3.05) is 27.4 Å². The second kappa shape index (κ2) is 6.47. The molecule has 0 saturated carbocycles. The van der Waals surface area contributed by atoms with Crippen LogP contribution in [-0.2, 0) is 19.5 Å². The molecule has 1 atom stereocenters. The lowest BCUT2D eigenvalue weighted by atomic mass is 10.1. The predicted molar refractivity (Wildman–Crippen MR) is 73.7 cm³/mol. The van der Waals surface area contributed by atoms with Crippen molar-refractivity contribution in [2.45, 2.75) is 24.3 Å². The summed E-state index contributed by atoms with van der Waals surface area (Å²) in [6.07, 6.45) is 0. The maximum atomic E-state index is 12.1. The molecule has 1 aromatic rings. The lowest BCUT2D eigenvalue weighted by Crippen LogP contribution is -2.45. The van der Waals surface area contributed by atoms with Crippen molar-refractivity contribution in [2.24, 2.45) is 0 Å². The molecule has 0 fully saturated rings. The van der Waals surface area contributed by atoms with Crippen LogP contribution in [-0.4, -0.2) is 41.4 Å². The third-order valence-electron chi connectivity index (χ3n) is 2.88. The van der Waals surface area contributed by atoms with Crippen LogP contribution in [0.1, 0.15) is 12.5 Å². The van der Waals surface area contributed by atoms with E-state index in [0.717, 1.165) is 5.56 Å². The van der Waals surface area contributed by atoms with Crippen LogP contribution >= 0.6 is 0 Å². The number of nitrogens with one attached hydrogen (secondary N) is 1. The molecule has 5 nitrogen and oxygen atoms in total. The highest BCUT2D eigenvalue weighted by molar-refractivity contribution is 7.89. The number of benzene rings is 1. The van der Waals surface area contributed by atoms with Crippen LogP contribution in [0.5, 0.6) is 0 Å². The SMILES string of the molecule is COC[C@@](C)(CNS(=O)(=O)c1cccc(C)c1)OC. The first-order valence-corrected chi connectivity index (χ1v) is 7.42. The molecule has 0 aliphatic rings. The summed E-state index contributed by atoms with van der Waals surface area (Å²) < 4.78 is 37.1. The van der Waals surface area contributed by atoms with E-state index in [1.807, 2.05) is 13.0 Å². The molecule has 1 aromatic carbocycles. The number of methoxy groups -OCH3 is 2. The van der Waals surface area contributed by atoms with Gasteiger partial charge in [0.2, 0.25) is 10.0 Å². The molecule has 0 heterocycles. The summed E-state index contributed by atoms with van der Waals surface area (Å²) in [6.45, 7) is 4.09. The van der Waals surface area contributed by atoms with Gasteiger partial charge < -0.3 is 9.47 Å².